The Morgan fingerprint density at radius 1 is 1.56 bits per heavy atom. The number of hydrogen-bond acceptors (Lipinski definition) is 6. The summed E-state index contributed by atoms with van der Waals surface area (Å²) in [6, 6.07) is 1.01. The van der Waals surface area contributed by atoms with E-state index in [0.717, 1.165) is 16.7 Å². The highest BCUT2D eigenvalue weighted by Gasteiger charge is 2.29. The fourth-order valence-electron chi connectivity index (χ4n) is 1.32. The molecule has 0 radical (unpaired) electrons. The lowest BCUT2D eigenvalue weighted by atomic mass is 10.5. The van der Waals surface area contributed by atoms with Crippen LogP contribution in [0.4, 0.5) is 15.4 Å². The first kappa shape index (κ1) is 12.4. The first-order chi connectivity index (χ1) is 8.66. The number of hydrogen-bond donors (Lipinski definition) is 2. The summed E-state index contributed by atoms with van der Waals surface area (Å²) in [7, 11) is 0. The zero-order valence-corrected chi connectivity index (χ0v) is 10.0. The van der Waals surface area contributed by atoms with E-state index in [2.05, 4.69) is 20.3 Å². The largest absolute Gasteiger partial charge is 0.363 e. The lowest BCUT2D eigenvalue weighted by Crippen LogP contribution is -2.39. The Hall–Kier alpha value is -2.03. The van der Waals surface area contributed by atoms with Crippen molar-refractivity contribution in [2.24, 2.45) is 0 Å². The number of nitrogens with zero attached hydrogens (tertiary/aromatic N) is 2. The van der Waals surface area contributed by atoms with E-state index in [9.17, 15) is 14.4 Å². The van der Waals surface area contributed by atoms with Crippen molar-refractivity contribution < 1.29 is 18.9 Å². The van der Waals surface area contributed by atoms with E-state index in [1.165, 1.54) is 12.3 Å². The Bertz CT molecular complexity index is 445. The standard InChI is InChI=1S/C9H10N4O4S/c14-7-5-18-9(16)13(7)3-2-10-8(15)11-6-1-4-17-12-6/h1,4H,2-3,5H2,(H2,10,11,12,15). The van der Waals surface area contributed by atoms with Gasteiger partial charge in [0.25, 0.3) is 5.24 Å². The van der Waals surface area contributed by atoms with E-state index in [0.29, 0.717) is 0 Å². The molecule has 2 N–H and O–H groups in total. The first-order valence-corrected chi connectivity index (χ1v) is 6.08. The van der Waals surface area contributed by atoms with Crippen LogP contribution in [0, 0.1) is 0 Å². The number of aromatic nitrogens is 1. The minimum Gasteiger partial charge on any atom is -0.363 e. The molecule has 1 fully saturated rings. The van der Waals surface area contributed by atoms with Gasteiger partial charge in [-0.2, -0.15) is 0 Å². The molecular weight excluding hydrogens is 260 g/mol. The summed E-state index contributed by atoms with van der Waals surface area (Å²) in [6.07, 6.45) is 1.33. The monoisotopic (exact) mass is 270 g/mol. The van der Waals surface area contributed by atoms with Crippen LogP contribution in [0.3, 0.4) is 0 Å². The van der Waals surface area contributed by atoms with Crippen molar-refractivity contribution in [1.82, 2.24) is 15.4 Å². The molecule has 0 bridgehead atoms. The Morgan fingerprint density at radius 2 is 2.39 bits per heavy atom. The number of thioether (sulfide) groups is 1. The van der Waals surface area contributed by atoms with E-state index in [-0.39, 0.29) is 35.8 Å². The molecular formula is C9H10N4O4S. The van der Waals surface area contributed by atoms with Crippen LogP contribution in [0.1, 0.15) is 0 Å². The predicted octanol–water partition coefficient (Wildman–Crippen LogP) is 0.491. The third-order valence-corrected chi connectivity index (χ3v) is 3.00. The third kappa shape index (κ3) is 3.00. The van der Waals surface area contributed by atoms with Gasteiger partial charge in [0.1, 0.15) is 6.26 Å². The maximum Gasteiger partial charge on any atom is 0.320 e. The van der Waals surface area contributed by atoms with Gasteiger partial charge in [-0.1, -0.05) is 16.9 Å². The zero-order valence-electron chi connectivity index (χ0n) is 9.21. The summed E-state index contributed by atoms with van der Waals surface area (Å²) in [5, 5.41) is 8.14. The normalized spacial score (nSPS) is 15.0. The second kappa shape index (κ2) is 5.54. The SMILES string of the molecule is O=C(NCCN1C(=O)CSC1=O)Nc1ccon1. The van der Waals surface area contributed by atoms with E-state index in [1.54, 1.807) is 0 Å². The van der Waals surface area contributed by atoms with Gasteiger partial charge in [0, 0.05) is 19.2 Å². The molecule has 8 nitrogen and oxygen atoms in total. The lowest BCUT2D eigenvalue weighted by Gasteiger charge is -2.12. The first-order valence-electron chi connectivity index (χ1n) is 5.09. The van der Waals surface area contributed by atoms with Crippen molar-refractivity contribution in [2.45, 2.75) is 0 Å². The number of anilines is 1. The third-order valence-electron chi connectivity index (χ3n) is 2.14. The van der Waals surface area contributed by atoms with Gasteiger partial charge in [0.15, 0.2) is 5.82 Å². The van der Waals surface area contributed by atoms with Crippen LogP contribution in [-0.2, 0) is 4.79 Å². The molecule has 0 aromatic carbocycles. The quantitative estimate of drug-likeness (QED) is 0.825. The van der Waals surface area contributed by atoms with Crippen LogP contribution in [0.15, 0.2) is 16.9 Å². The van der Waals surface area contributed by atoms with Crippen LogP contribution in [0.2, 0.25) is 0 Å². The molecule has 1 aliphatic heterocycles. The molecule has 0 aliphatic carbocycles. The number of carbonyl (C=O) groups is 3. The van der Waals surface area contributed by atoms with Crippen molar-refractivity contribution in [3.05, 3.63) is 12.3 Å². The maximum absolute atomic E-state index is 11.3. The summed E-state index contributed by atoms with van der Waals surface area (Å²) in [5.74, 6) is 0.226. The molecule has 18 heavy (non-hydrogen) atoms. The molecule has 0 saturated carbocycles. The number of amides is 4. The predicted molar refractivity (Wildman–Crippen MR) is 63.1 cm³/mol. The minimum atomic E-state index is -0.476. The highest BCUT2D eigenvalue weighted by atomic mass is 32.2. The van der Waals surface area contributed by atoms with Gasteiger partial charge < -0.3 is 9.84 Å². The number of nitrogens with one attached hydrogen (secondary N) is 2. The van der Waals surface area contributed by atoms with Gasteiger partial charge in [0.2, 0.25) is 5.91 Å². The average Bonchev–Trinajstić information content (AvgIpc) is 2.93. The molecule has 1 aromatic heterocycles. The second-order valence-electron chi connectivity index (χ2n) is 3.37. The maximum atomic E-state index is 11.3. The number of urea groups is 1. The van der Waals surface area contributed by atoms with Crippen LogP contribution in [-0.4, -0.2) is 46.1 Å². The summed E-state index contributed by atoms with van der Waals surface area (Å²) in [4.78, 5) is 34.9. The summed E-state index contributed by atoms with van der Waals surface area (Å²) in [6.45, 7) is 0.346. The molecule has 1 aromatic rings. The summed E-state index contributed by atoms with van der Waals surface area (Å²) < 4.78 is 4.54. The van der Waals surface area contributed by atoms with Crippen molar-refractivity contribution in [3.63, 3.8) is 0 Å². The van der Waals surface area contributed by atoms with Crippen molar-refractivity contribution in [3.8, 4) is 0 Å². The van der Waals surface area contributed by atoms with Gasteiger partial charge in [-0.25, -0.2) is 4.79 Å². The Labute approximate surface area is 106 Å². The molecule has 1 aliphatic rings. The highest BCUT2D eigenvalue weighted by molar-refractivity contribution is 8.14. The molecule has 4 amide bonds. The molecule has 0 spiro atoms. The van der Waals surface area contributed by atoms with Gasteiger partial charge >= 0.3 is 6.03 Å². The fraction of sp³-hybridized carbons (Fsp3) is 0.333. The van der Waals surface area contributed by atoms with E-state index >= 15 is 0 Å². The zero-order chi connectivity index (χ0) is 13.0. The fourth-order valence-corrected chi connectivity index (χ4v) is 2.07. The molecule has 2 rings (SSSR count). The number of carbonyl (C=O) groups excluding carboxylic acids is 3. The van der Waals surface area contributed by atoms with Crippen LogP contribution >= 0.6 is 11.8 Å². The van der Waals surface area contributed by atoms with E-state index in [4.69, 9.17) is 0 Å². The molecule has 96 valence electrons. The van der Waals surface area contributed by atoms with Gasteiger partial charge in [-0.05, 0) is 0 Å². The highest BCUT2D eigenvalue weighted by Crippen LogP contribution is 2.17. The second-order valence-corrected chi connectivity index (χ2v) is 4.29. The Morgan fingerprint density at radius 3 is 3.00 bits per heavy atom. The Balaban J connectivity index is 1.70. The smallest absolute Gasteiger partial charge is 0.320 e. The van der Waals surface area contributed by atoms with Gasteiger partial charge in [-0.15, -0.1) is 0 Å². The molecule has 2 heterocycles. The van der Waals surface area contributed by atoms with Crippen LogP contribution in [0.25, 0.3) is 0 Å². The summed E-state index contributed by atoms with van der Waals surface area (Å²) in [5.41, 5.74) is 0. The van der Waals surface area contributed by atoms with Crippen molar-refractivity contribution >= 4 is 34.8 Å². The van der Waals surface area contributed by atoms with Gasteiger partial charge in [-0.3, -0.25) is 19.8 Å². The van der Waals surface area contributed by atoms with Gasteiger partial charge in [0.05, 0.1) is 5.75 Å². The number of imide groups is 1. The van der Waals surface area contributed by atoms with E-state index in [1.807, 2.05) is 0 Å². The molecule has 0 atom stereocenters. The van der Waals surface area contributed by atoms with Crippen LogP contribution in [0.5, 0.6) is 0 Å². The average molecular weight is 270 g/mol. The van der Waals surface area contributed by atoms with Crippen molar-refractivity contribution in [1.29, 1.82) is 0 Å². The number of rotatable bonds is 4. The molecule has 9 heteroatoms. The molecule has 1 saturated heterocycles. The van der Waals surface area contributed by atoms with Crippen molar-refractivity contribution in [2.75, 3.05) is 24.2 Å². The Kier molecular flexibility index (Phi) is 3.82. The van der Waals surface area contributed by atoms with Crippen LogP contribution < -0.4 is 10.6 Å². The molecule has 0 unspecified atom stereocenters. The van der Waals surface area contributed by atoms with E-state index < -0.39 is 6.03 Å². The summed E-state index contributed by atoms with van der Waals surface area (Å²) >= 11 is 0.963. The minimum absolute atomic E-state index is 0.164. The topological polar surface area (TPSA) is 105 Å². The lowest BCUT2D eigenvalue weighted by molar-refractivity contribution is -0.124.